The van der Waals surface area contributed by atoms with Crippen molar-refractivity contribution >= 4 is 23.0 Å². The van der Waals surface area contributed by atoms with Crippen molar-refractivity contribution in [2.75, 3.05) is 18.4 Å². The Labute approximate surface area is 107 Å². The van der Waals surface area contributed by atoms with E-state index in [1.807, 2.05) is 6.07 Å². The topological polar surface area (TPSA) is 27.3 Å². The zero-order valence-electron chi connectivity index (χ0n) is 9.78. The maximum Gasteiger partial charge on any atom is 0.174 e. The van der Waals surface area contributed by atoms with Crippen LogP contribution in [0.2, 0.25) is 0 Å². The number of para-hydroxylation sites is 1. The number of rotatable bonds is 1. The van der Waals surface area contributed by atoms with Crippen molar-refractivity contribution in [2.24, 2.45) is 0 Å². The Morgan fingerprint density at radius 3 is 3.00 bits per heavy atom. The van der Waals surface area contributed by atoms with E-state index in [1.165, 1.54) is 18.4 Å². The standard InChI is InChI=1S/C13H17N3S/c17-13-15-12-6-2-1-4-10(12)9-16(13)11-5-3-7-14-8-11/h1-2,4,6,11,14H,3,5,7-9H2,(H,15,17). The average Bonchev–Trinajstić information content (AvgIpc) is 2.39. The average molecular weight is 247 g/mol. The molecule has 0 spiro atoms. The first-order valence-electron chi connectivity index (χ1n) is 6.21. The molecule has 0 bridgehead atoms. The number of nitrogens with zero attached hydrogens (tertiary/aromatic N) is 1. The van der Waals surface area contributed by atoms with Gasteiger partial charge in [-0.1, -0.05) is 18.2 Å². The molecule has 1 aromatic carbocycles. The molecule has 1 fully saturated rings. The molecule has 0 radical (unpaired) electrons. The van der Waals surface area contributed by atoms with Gasteiger partial charge in [0.15, 0.2) is 5.11 Å². The van der Waals surface area contributed by atoms with E-state index in [0.29, 0.717) is 6.04 Å². The number of nitrogens with one attached hydrogen (secondary N) is 2. The highest BCUT2D eigenvalue weighted by atomic mass is 32.1. The van der Waals surface area contributed by atoms with E-state index in [-0.39, 0.29) is 0 Å². The van der Waals surface area contributed by atoms with Crippen molar-refractivity contribution in [1.82, 2.24) is 10.2 Å². The lowest BCUT2D eigenvalue weighted by Crippen LogP contribution is -2.51. The zero-order chi connectivity index (χ0) is 11.7. The predicted molar refractivity (Wildman–Crippen MR) is 74.1 cm³/mol. The van der Waals surface area contributed by atoms with Crippen molar-refractivity contribution in [3.63, 3.8) is 0 Å². The number of hydrogen-bond donors (Lipinski definition) is 2. The summed E-state index contributed by atoms with van der Waals surface area (Å²) in [6, 6.07) is 8.95. The summed E-state index contributed by atoms with van der Waals surface area (Å²) in [4.78, 5) is 2.32. The summed E-state index contributed by atoms with van der Waals surface area (Å²) >= 11 is 5.47. The van der Waals surface area contributed by atoms with Gasteiger partial charge in [-0.2, -0.15) is 0 Å². The smallest absolute Gasteiger partial charge is 0.174 e. The van der Waals surface area contributed by atoms with Crippen LogP contribution in [0.3, 0.4) is 0 Å². The molecule has 1 saturated heterocycles. The van der Waals surface area contributed by atoms with Gasteiger partial charge in [0.25, 0.3) is 0 Å². The molecule has 90 valence electrons. The Morgan fingerprint density at radius 1 is 1.29 bits per heavy atom. The zero-order valence-corrected chi connectivity index (χ0v) is 10.6. The number of benzene rings is 1. The van der Waals surface area contributed by atoms with Crippen LogP contribution in [0.4, 0.5) is 5.69 Å². The highest BCUT2D eigenvalue weighted by Gasteiger charge is 2.27. The van der Waals surface area contributed by atoms with Crippen molar-refractivity contribution in [2.45, 2.75) is 25.4 Å². The molecule has 17 heavy (non-hydrogen) atoms. The van der Waals surface area contributed by atoms with Crippen LogP contribution in [0, 0.1) is 0 Å². The highest BCUT2D eigenvalue weighted by molar-refractivity contribution is 7.80. The third kappa shape index (κ3) is 2.15. The number of anilines is 1. The van der Waals surface area contributed by atoms with Crippen LogP contribution < -0.4 is 10.6 Å². The van der Waals surface area contributed by atoms with Crippen molar-refractivity contribution in [3.05, 3.63) is 29.8 Å². The molecule has 0 saturated carbocycles. The summed E-state index contributed by atoms with van der Waals surface area (Å²) in [6.45, 7) is 3.12. The molecular weight excluding hydrogens is 230 g/mol. The van der Waals surface area contributed by atoms with Crippen molar-refractivity contribution in [1.29, 1.82) is 0 Å². The van der Waals surface area contributed by atoms with Gasteiger partial charge in [0.2, 0.25) is 0 Å². The lowest BCUT2D eigenvalue weighted by atomic mass is 10.0. The quantitative estimate of drug-likeness (QED) is 0.742. The predicted octanol–water partition coefficient (Wildman–Crippen LogP) is 1.95. The Kier molecular flexibility index (Phi) is 2.99. The summed E-state index contributed by atoms with van der Waals surface area (Å²) in [5, 5.41) is 7.66. The highest BCUT2D eigenvalue weighted by Crippen LogP contribution is 2.25. The molecule has 4 heteroatoms. The van der Waals surface area contributed by atoms with E-state index < -0.39 is 0 Å². The fourth-order valence-electron chi connectivity index (χ4n) is 2.62. The minimum absolute atomic E-state index is 0.539. The van der Waals surface area contributed by atoms with Gasteiger partial charge < -0.3 is 15.5 Å². The number of hydrogen-bond acceptors (Lipinski definition) is 2. The Bertz CT molecular complexity index is 426. The van der Waals surface area contributed by atoms with Gasteiger partial charge in [0.05, 0.1) is 0 Å². The molecular formula is C13H17N3S. The van der Waals surface area contributed by atoms with E-state index in [4.69, 9.17) is 12.2 Å². The van der Waals surface area contributed by atoms with Crippen molar-refractivity contribution in [3.8, 4) is 0 Å². The van der Waals surface area contributed by atoms with Crippen LogP contribution in [-0.4, -0.2) is 29.1 Å². The fourth-order valence-corrected chi connectivity index (χ4v) is 2.94. The first-order chi connectivity index (χ1) is 8.34. The van der Waals surface area contributed by atoms with Gasteiger partial charge >= 0.3 is 0 Å². The van der Waals surface area contributed by atoms with Crippen LogP contribution in [0.15, 0.2) is 24.3 Å². The van der Waals surface area contributed by atoms with Crippen LogP contribution in [0.1, 0.15) is 18.4 Å². The first kappa shape index (κ1) is 11.0. The summed E-state index contributed by atoms with van der Waals surface area (Å²) < 4.78 is 0. The molecule has 0 aliphatic carbocycles. The Morgan fingerprint density at radius 2 is 2.18 bits per heavy atom. The fraction of sp³-hybridized carbons (Fsp3) is 0.462. The molecule has 2 aliphatic rings. The minimum atomic E-state index is 0.539. The largest absolute Gasteiger partial charge is 0.340 e. The molecule has 2 aliphatic heterocycles. The van der Waals surface area contributed by atoms with E-state index in [0.717, 1.165) is 30.4 Å². The third-order valence-corrected chi connectivity index (χ3v) is 3.91. The third-order valence-electron chi connectivity index (χ3n) is 3.57. The number of thiocarbonyl (C=S) groups is 1. The van der Waals surface area contributed by atoms with Gasteiger partial charge in [-0.15, -0.1) is 0 Å². The maximum atomic E-state index is 5.47. The summed E-state index contributed by atoms with van der Waals surface area (Å²) in [5.41, 5.74) is 2.50. The number of piperidine rings is 1. The Balaban J connectivity index is 1.81. The second-order valence-corrected chi connectivity index (χ2v) is 5.10. The maximum absolute atomic E-state index is 5.47. The van der Waals surface area contributed by atoms with Crippen LogP contribution in [-0.2, 0) is 6.54 Å². The van der Waals surface area contributed by atoms with Gasteiger partial charge in [0, 0.05) is 24.8 Å². The molecule has 2 heterocycles. The molecule has 0 amide bonds. The van der Waals surface area contributed by atoms with Crippen LogP contribution >= 0.6 is 12.2 Å². The normalized spacial score (nSPS) is 24.1. The molecule has 1 atom stereocenters. The molecule has 0 aromatic heterocycles. The lowest BCUT2D eigenvalue weighted by molar-refractivity contribution is 0.251. The van der Waals surface area contributed by atoms with Gasteiger partial charge in [-0.25, -0.2) is 0 Å². The van der Waals surface area contributed by atoms with E-state index in [9.17, 15) is 0 Å². The molecule has 3 rings (SSSR count). The molecule has 1 unspecified atom stereocenters. The minimum Gasteiger partial charge on any atom is -0.340 e. The summed E-state index contributed by atoms with van der Waals surface area (Å²) in [6.07, 6.45) is 2.47. The van der Waals surface area contributed by atoms with Crippen molar-refractivity contribution < 1.29 is 0 Å². The van der Waals surface area contributed by atoms with E-state index >= 15 is 0 Å². The summed E-state index contributed by atoms with van der Waals surface area (Å²) in [7, 11) is 0. The lowest BCUT2D eigenvalue weighted by Gasteiger charge is -2.39. The van der Waals surface area contributed by atoms with Crippen LogP contribution in [0.5, 0.6) is 0 Å². The van der Waals surface area contributed by atoms with Gasteiger partial charge in [-0.05, 0) is 43.2 Å². The first-order valence-corrected chi connectivity index (χ1v) is 6.61. The SMILES string of the molecule is S=C1Nc2ccccc2CN1C1CCCNC1. The molecule has 1 aromatic rings. The molecule has 2 N–H and O–H groups in total. The van der Waals surface area contributed by atoms with Gasteiger partial charge in [0.1, 0.15) is 0 Å². The summed E-state index contributed by atoms with van der Waals surface area (Å²) in [5.74, 6) is 0. The Hall–Kier alpha value is -1.13. The molecule has 3 nitrogen and oxygen atoms in total. The number of fused-ring (bicyclic) bond motifs is 1. The monoisotopic (exact) mass is 247 g/mol. The van der Waals surface area contributed by atoms with E-state index in [1.54, 1.807) is 0 Å². The second-order valence-electron chi connectivity index (χ2n) is 4.72. The van der Waals surface area contributed by atoms with E-state index in [2.05, 4.69) is 33.7 Å². The second kappa shape index (κ2) is 4.63. The van der Waals surface area contributed by atoms with Gasteiger partial charge in [-0.3, -0.25) is 0 Å². The van der Waals surface area contributed by atoms with Crippen LogP contribution in [0.25, 0.3) is 0 Å².